The molecule has 1 fully saturated rings. The molecule has 4 rings (SSSR count). The van der Waals surface area contributed by atoms with Gasteiger partial charge in [-0.3, -0.25) is 14.6 Å². The number of fused-ring (bicyclic) bond motifs is 1. The summed E-state index contributed by atoms with van der Waals surface area (Å²) in [5, 5.41) is 2.25. The van der Waals surface area contributed by atoms with Crippen LogP contribution in [0, 0.1) is 5.82 Å². The van der Waals surface area contributed by atoms with Gasteiger partial charge in [-0.25, -0.2) is 9.37 Å². The third kappa shape index (κ3) is 5.42. The number of primary amides is 1. The molecule has 2 amide bonds. The fraction of sp³-hybridized carbons (Fsp3) is 0.360. The van der Waals surface area contributed by atoms with Crippen molar-refractivity contribution in [2.75, 3.05) is 13.2 Å². The maximum absolute atomic E-state index is 14.3. The van der Waals surface area contributed by atoms with Gasteiger partial charge in [-0.15, -0.1) is 0 Å². The average Bonchev–Trinajstić information content (AvgIpc) is 3.60. The Balaban J connectivity index is 1.73. The SMILES string of the molecule is C[C@]1(C(N)=O)COc2c1cc(C(CNC(=O)/C(C=NC1CC1)=C/N)C(F)(F)F)nc2-c1ccc(F)cc1. The average molecular weight is 519 g/mol. The highest BCUT2D eigenvalue weighted by Gasteiger charge is 2.47. The highest BCUT2D eigenvalue weighted by Crippen LogP contribution is 2.46. The lowest BCUT2D eigenvalue weighted by atomic mass is 9.82. The van der Waals surface area contributed by atoms with Crippen LogP contribution in [0.2, 0.25) is 0 Å². The van der Waals surface area contributed by atoms with E-state index in [1.54, 1.807) is 0 Å². The smallest absolute Gasteiger partial charge is 0.398 e. The highest BCUT2D eigenvalue weighted by molar-refractivity contribution is 6.12. The zero-order valence-corrected chi connectivity index (χ0v) is 19.8. The molecular formula is C25H25F4N5O3. The Bertz CT molecular complexity index is 1270. The lowest BCUT2D eigenvalue weighted by Gasteiger charge is -2.24. The standard InChI is InChI=1S/C25H25F4N5O3/c1-24(23(31)36)12-37-21-17(24)8-19(34-20(21)13-2-4-15(26)5-3-13)18(25(27,28)29)11-33-22(35)14(9-30)10-32-16-6-7-16/h2-5,8-10,16,18H,6-7,11-12,30H2,1H3,(H2,31,36)(H,33,35)/b14-9+,32-10?/t18?,24-/m0/s1. The summed E-state index contributed by atoms with van der Waals surface area (Å²) in [4.78, 5) is 33.1. The molecule has 196 valence electrons. The molecule has 12 heteroatoms. The number of nitrogens with zero attached hydrogens (tertiary/aromatic N) is 2. The Labute approximate surface area is 209 Å². The maximum Gasteiger partial charge on any atom is 0.398 e. The van der Waals surface area contributed by atoms with Gasteiger partial charge in [0.2, 0.25) is 5.91 Å². The van der Waals surface area contributed by atoms with Crippen molar-refractivity contribution < 1.29 is 31.9 Å². The van der Waals surface area contributed by atoms with Crippen LogP contribution in [0.15, 0.2) is 47.1 Å². The van der Waals surface area contributed by atoms with E-state index in [1.807, 2.05) is 0 Å². The first-order valence-electron chi connectivity index (χ1n) is 11.5. The number of nitrogens with two attached hydrogens (primary N) is 2. The van der Waals surface area contributed by atoms with Gasteiger partial charge < -0.3 is 21.5 Å². The van der Waals surface area contributed by atoms with Crippen molar-refractivity contribution in [2.24, 2.45) is 16.5 Å². The van der Waals surface area contributed by atoms with Crippen LogP contribution in [-0.4, -0.2) is 48.4 Å². The molecule has 1 aliphatic heterocycles. The summed E-state index contributed by atoms with van der Waals surface area (Å²) in [6, 6.07) is 6.15. The molecule has 2 aliphatic rings. The highest BCUT2D eigenvalue weighted by atomic mass is 19.4. The van der Waals surface area contributed by atoms with E-state index in [0.29, 0.717) is 0 Å². The molecule has 0 spiro atoms. The molecule has 1 unspecified atom stereocenters. The number of pyridine rings is 1. The second-order valence-electron chi connectivity index (χ2n) is 9.20. The van der Waals surface area contributed by atoms with Crippen LogP contribution in [0.5, 0.6) is 5.75 Å². The summed E-state index contributed by atoms with van der Waals surface area (Å²) < 4.78 is 62.0. The maximum atomic E-state index is 14.3. The van der Waals surface area contributed by atoms with Crippen LogP contribution < -0.4 is 21.5 Å². The van der Waals surface area contributed by atoms with Crippen LogP contribution >= 0.6 is 0 Å². The number of carbonyl (C=O) groups is 2. The zero-order chi connectivity index (χ0) is 27.0. The molecule has 2 atom stereocenters. The second kappa shape index (κ2) is 9.83. The van der Waals surface area contributed by atoms with E-state index < -0.39 is 47.4 Å². The minimum absolute atomic E-state index is 0.00263. The Kier molecular flexibility index (Phi) is 6.94. The van der Waals surface area contributed by atoms with Crippen LogP contribution in [0.4, 0.5) is 17.6 Å². The van der Waals surface area contributed by atoms with Gasteiger partial charge in [-0.05, 0) is 50.1 Å². The molecule has 1 aromatic carbocycles. The number of aromatic nitrogens is 1. The second-order valence-corrected chi connectivity index (χ2v) is 9.20. The van der Waals surface area contributed by atoms with Gasteiger partial charge >= 0.3 is 6.18 Å². The Morgan fingerprint density at radius 1 is 1.30 bits per heavy atom. The van der Waals surface area contributed by atoms with Gasteiger partial charge in [0.25, 0.3) is 5.91 Å². The van der Waals surface area contributed by atoms with E-state index in [9.17, 15) is 27.2 Å². The largest absolute Gasteiger partial charge is 0.489 e. The van der Waals surface area contributed by atoms with Crippen molar-refractivity contribution in [3.63, 3.8) is 0 Å². The number of halogens is 4. The fourth-order valence-corrected chi connectivity index (χ4v) is 3.86. The van der Waals surface area contributed by atoms with Crippen LogP contribution in [-0.2, 0) is 15.0 Å². The Hall–Kier alpha value is -3.96. The number of nitrogens with one attached hydrogen (secondary N) is 1. The van der Waals surface area contributed by atoms with Gasteiger partial charge in [-0.1, -0.05) is 0 Å². The first kappa shape index (κ1) is 26.1. The van der Waals surface area contributed by atoms with Crippen LogP contribution in [0.3, 0.4) is 0 Å². The van der Waals surface area contributed by atoms with Gasteiger partial charge in [0.05, 0.1) is 17.3 Å². The molecule has 5 N–H and O–H groups in total. The summed E-state index contributed by atoms with van der Waals surface area (Å²) in [6.45, 7) is 0.399. The molecule has 0 saturated heterocycles. The summed E-state index contributed by atoms with van der Waals surface area (Å²) in [7, 11) is 0. The van der Waals surface area contributed by atoms with Crippen molar-refractivity contribution in [2.45, 2.75) is 43.3 Å². The number of carbonyl (C=O) groups excluding carboxylic acids is 2. The van der Waals surface area contributed by atoms with Gasteiger partial charge in [0, 0.05) is 30.1 Å². The summed E-state index contributed by atoms with van der Waals surface area (Å²) in [5.74, 6) is -4.34. The number of amides is 2. The van der Waals surface area contributed by atoms with Crippen LogP contribution in [0.1, 0.15) is 36.9 Å². The first-order chi connectivity index (χ1) is 17.4. The van der Waals surface area contributed by atoms with E-state index in [1.165, 1.54) is 25.3 Å². The number of rotatable bonds is 8. The first-order valence-corrected chi connectivity index (χ1v) is 11.5. The third-order valence-electron chi connectivity index (χ3n) is 6.39. The number of ether oxygens (including phenoxy) is 1. The van der Waals surface area contributed by atoms with E-state index in [0.717, 1.165) is 37.2 Å². The lowest BCUT2D eigenvalue weighted by Crippen LogP contribution is -2.40. The van der Waals surface area contributed by atoms with Gasteiger partial charge in [0.15, 0.2) is 0 Å². The number of hydrogen-bond donors (Lipinski definition) is 3. The minimum Gasteiger partial charge on any atom is -0.489 e. The van der Waals surface area contributed by atoms with E-state index >= 15 is 0 Å². The molecule has 1 aromatic heterocycles. The van der Waals surface area contributed by atoms with Gasteiger partial charge in [-0.2, -0.15) is 13.2 Å². The molecule has 2 aromatic rings. The normalized spacial score (nSPS) is 20.4. The number of hydrogen-bond acceptors (Lipinski definition) is 6. The molecule has 2 heterocycles. The lowest BCUT2D eigenvalue weighted by molar-refractivity contribution is -0.151. The Morgan fingerprint density at radius 3 is 2.54 bits per heavy atom. The van der Waals surface area contributed by atoms with Crippen molar-refractivity contribution in [3.8, 4) is 17.0 Å². The molecule has 0 bridgehead atoms. The van der Waals surface area contributed by atoms with Crippen LogP contribution in [0.25, 0.3) is 11.3 Å². The zero-order valence-electron chi connectivity index (χ0n) is 19.8. The third-order valence-corrected chi connectivity index (χ3v) is 6.39. The molecule has 0 radical (unpaired) electrons. The number of benzene rings is 1. The van der Waals surface area contributed by atoms with Crippen molar-refractivity contribution in [1.29, 1.82) is 0 Å². The molecule has 1 saturated carbocycles. The van der Waals surface area contributed by atoms with Gasteiger partial charge in [0.1, 0.15) is 35.2 Å². The monoisotopic (exact) mass is 519 g/mol. The fourth-order valence-electron chi connectivity index (χ4n) is 3.86. The summed E-state index contributed by atoms with van der Waals surface area (Å²) in [5.41, 5.74) is 9.48. The number of alkyl halides is 3. The topological polar surface area (TPSA) is 133 Å². The predicted molar refractivity (Wildman–Crippen MR) is 127 cm³/mol. The molecular weight excluding hydrogens is 494 g/mol. The minimum atomic E-state index is -4.83. The molecule has 1 aliphatic carbocycles. The van der Waals surface area contributed by atoms with E-state index in [-0.39, 0.29) is 40.8 Å². The number of aliphatic imine (C=N–C) groups is 1. The molecule has 8 nitrogen and oxygen atoms in total. The summed E-state index contributed by atoms with van der Waals surface area (Å²) >= 11 is 0. The van der Waals surface area contributed by atoms with Crippen molar-refractivity contribution in [3.05, 3.63) is 59.2 Å². The van der Waals surface area contributed by atoms with E-state index in [2.05, 4.69) is 15.3 Å². The summed E-state index contributed by atoms with van der Waals surface area (Å²) in [6.07, 6.45) is -0.863. The van der Waals surface area contributed by atoms with E-state index in [4.69, 9.17) is 16.2 Å². The van der Waals surface area contributed by atoms with Crippen molar-refractivity contribution >= 4 is 18.0 Å². The molecule has 37 heavy (non-hydrogen) atoms. The quantitative estimate of drug-likeness (QED) is 0.280. The Morgan fingerprint density at radius 2 is 1.97 bits per heavy atom. The predicted octanol–water partition coefficient (Wildman–Crippen LogP) is 2.86. The van der Waals surface area contributed by atoms with Crippen molar-refractivity contribution in [1.82, 2.24) is 10.3 Å².